The summed E-state index contributed by atoms with van der Waals surface area (Å²) in [5.74, 6) is -0.347. The summed E-state index contributed by atoms with van der Waals surface area (Å²) in [6, 6.07) is 15.9. The molecule has 110 valence electrons. The zero-order valence-corrected chi connectivity index (χ0v) is 12.1. The number of carbonyl (C=O) groups excluding carboxylic acids is 1. The minimum atomic E-state index is -0.347. The summed E-state index contributed by atoms with van der Waals surface area (Å²) in [5.41, 5.74) is 1.00. The van der Waals surface area contributed by atoms with Crippen LogP contribution >= 0.6 is 0 Å². The highest BCUT2D eigenvalue weighted by Gasteiger charge is 2.00. The highest BCUT2D eigenvalue weighted by Crippen LogP contribution is 2.19. The average molecular weight is 292 g/mol. The molecular formula is C18H16N2O2. The van der Waals surface area contributed by atoms with E-state index in [1.165, 1.54) is 6.08 Å². The summed E-state index contributed by atoms with van der Waals surface area (Å²) in [5, 5.41) is 6.31. The van der Waals surface area contributed by atoms with E-state index in [-0.39, 0.29) is 5.97 Å². The average Bonchev–Trinajstić information content (AvgIpc) is 3.06. The summed E-state index contributed by atoms with van der Waals surface area (Å²) in [6.07, 6.45) is 6.78. The molecule has 0 aliphatic heterocycles. The van der Waals surface area contributed by atoms with Crippen LogP contribution in [0.2, 0.25) is 0 Å². The van der Waals surface area contributed by atoms with Crippen molar-refractivity contribution in [3.8, 4) is 0 Å². The van der Waals surface area contributed by atoms with Gasteiger partial charge in [0.1, 0.15) is 6.61 Å². The molecule has 0 unspecified atom stereocenters. The lowest BCUT2D eigenvalue weighted by Crippen LogP contribution is -2.09. The number of carbonyl (C=O) groups is 1. The molecular weight excluding hydrogens is 276 g/mol. The Kier molecular flexibility index (Phi) is 4.30. The Balaban J connectivity index is 1.61. The van der Waals surface area contributed by atoms with E-state index in [0.29, 0.717) is 13.2 Å². The molecule has 0 N–H and O–H groups in total. The van der Waals surface area contributed by atoms with Crippen LogP contribution in [-0.4, -0.2) is 22.4 Å². The molecule has 0 atom stereocenters. The summed E-state index contributed by atoms with van der Waals surface area (Å²) < 4.78 is 6.89. The van der Waals surface area contributed by atoms with Crippen molar-refractivity contribution in [1.82, 2.24) is 9.78 Å². The minimum absolute atomic E-state index is 0.306. The minimum Gasteiger partial charge on any atom is -0.461 e. The normalized spacial score (nSPS) is 11.1. The van der Waals surface area contributed by atoms with E-state index in [1.54, 1.807) is 17.0 Å². The van der Waals surface area contributed by atoms with Crippen LogP contribution in [0.3, 0.4) is 0 Å². The van der Waals surface area contributed by atoms with Crippen LogP contribution < -0.4 is 0 Å². The highest BCUT2D eigenvalue weighted by atomic mass is 16.5. The smallest absolute Gasteiger partial charge is 0.330 e. The molecule has 4 nitrogen and oxygen atoms in total. The molecule has 0 amide bonds. The van der Waals surface area contributed by atoms with E-state index >= 15 is 0 Å². The number of esters is 1. The number of hydrogen-bond acceptors (Lipinski definition) is 3. The van der Waals surface area contributed by atoms with E-state index < -0.39 is 0 Å². The second-order valence-corrected chi connectivity index (χ2v) is 4.84. The molecule has 0 bridgehead atoms. The van der Waals surface area contributed by atoms with Crippen molar-refractivity contribution in [2.24, 2.45) is 0 Å². The molecule has 0 aliphatic carbocycles. The molecule has 2 aromatic carbocycles. The lowest BCUT2D eigenvalue weighted by atomic mass is 10.0. The van der Waals surface area contributed by atoms with E-state index in [4.69, 9.17) is 4.74 Å². The molecule has 0 saturated carbocycles. The van der Waals surface area contributed by atoms with Crippen molar-refractivity contribution >= 4 is 22.8 Å². The summed E-state index contributed by atoms with van der Waals surface area (Å²) >= 11 is 0. The van der Waals surface area contributed by atoms with Gasteiger partial charge in [-0.05, 0) is 28.5 Å². The third-order valence-electron chi connectivity index (χ3n) is 3.35. The van der Waals surface area contributed by atoms with E-state index in [9.17, 15) is 4.79 Å². The van der Waals surface area contributed by atoms with Crippen molar-refractivity contribution < 1.29 is 9.53 Å². The van der Waals surface area contributed by atoms with Crippen LogP contribution in [0.25, 0.3) is 16.8 Å². The molecule has 4 heteroatoms. The second kappa shape index (κ2) is 6.72. The Morgan fingerprint density at radius 3 is 2.86 bits per heavy atom. The third-order valence-corrected chi connectivity index (χ3v) is 3.35. The molecule has 0 radical (unpaired) electrons. The van der Waals surface area contributed by atoms with Gasteiger partial charge in [-0.25, -0.2) is 4.79 Å². The zero-order valence-electron chi connectivity index (χ0n) is 12.1. The largest absolute Gasteiger partial charge is 0.461 e. The fourth-order valence-electron chi connectivity index (χ4n) is 2.27. The predicted molar refractivity (Wildman–Crippen MR) is 86.2 cm³/mol. The molecule has 1 aromatic heterocycles. The van der Waals surface area contributed by atoms with Crippen LogP contribution in [-0.2, 0) is 16.1 Å². The molecule has 0 aliphatic rings. The fourth-order valence-corrected chi connectivity index (χ4v) is 2.27. The first-order chi connectivity index (χ1) is 10.8. The van der Waals surface area contributed by atoms with Gasteiger partial charge in [0.2, 0.25) is 0 Å². The first kappa shape index (κ1) is 14.1. The van der Waals surface area contributed by atoms with Crippen molar-refractivity contribution in [2.75, 3.05) is 6.61 Å². The van der Waals surface area contributed by atoms with Crippen LogP contribution in [0.4, 0.5) is 0 Å². The summed E-state index contributed by atoms with van der Waals surface area (Å²) in [4.78, 5) is 11.7. The number of benzene rings is 2. The molecule has 0 fully saturated rings. The lowest BCUT2D eigenvalue weighted by molar-refractivity contribution is -0.138. The zero-order chi connectivity index (χ0) is 15.2. The molecule has 3 rings (SSSR count). The first-order valence-electron chi connectivity index (χ1n) is 7.13. The Bertz CT molecular complexity index is 786. The van der Waals surface area contributed by atoms with Gasteiger partial charge in [0.05, 0.1) is 6.54 Å². The predicted octanol–water partition coefficient (Wildman–Crippen LogP) is 3.29. The van der Waals surface area contributed by atoms with Crippen LogP contribution in [0.15, 0.2) is 67.0 Å². The molecule has 1 heterocycles. The third kappa shape index (κ3) is 3.41. The Morgan fingerprint density at radius 1 is 1.14 bits per heavy atom. The van der Waals surface area contributed by atoms with Crippen LogP contribution in [0.5, 0.6) is 0 Å². The number of ether oxygens (including phenoxy) is 1. The highest BCUT2D eigenvalue weighted by molar-refractivity contribution is 5.94. The number of hydrogen-bond donors (Lipinski definition) is 0. The van der Waals surface area contributed by atoms with E-state index in [2.05, 4.69) is 17.2 Å². The number of fused-ring (bicyclic) bond motifs is 1. The number of rotatable bonds is 5. The van der Waals surface area contributed by atoms with Crippen LogP contribution in [0, 0.1) is 0 Å². The molecule has 0 spiro atoms. The number of aromatic nitrogens is 2. The van der Waals surface area contributed by atoms with Gasteiger partial charge in [-0.1, -0.05) is 42.5 Å². The quantitative estimate of drug-likeness (QED) is 0.535. The lowest BCUT2D eigenvalue weighted by Gasteiger charge is -2.03. The van der Waals surface area contributed by atoms with Gasteiger partial charge in [-0.2, -0.15) is 5.10 Å². The van der Waals surface area contributed by atoms with Gasteiger partial charge >= 0.3 is 5.97 Å². The topological polar surface area (TPSA) is 44.1 Å². The van der Waals surface area contributed by atoms with Gasteiger partial charge in [0, 0.05) is 18.5 Å². The summed E-state index contributed by atoms with van der Waals surface area (Å²) in [6.45, 7) is 0.862. The fraction of sp³-hybridized carbons (Fsp3) is 0.111. The van der Waals surface area contributed by atoms with E-state index in [0.717, 1.165) is 16.3 Å². The second-order valence-electron chi connectivity index (χ2n) is 4.84. The maximum Gasteiger partial charge on any atom is 0.330 e. The molecule has 22 heavy (non-hydrogen) atoms. The van der Waals surface area contributed by atoms with Gasteiger partial charge in [-0.15, -0.1) is 0 Å². The SMILES string of the molecule is O=C(/C=C/c1cccc2ccccc12)OCCn1cccn1. The standard InChI is InChI=1S/C18H16N2O2/c21-18(22-14-13-20-12-4-11-19-20)10-9-16-7-3-6-15-5-1-2-8-17(15)16/h1-12H,13-14H2/b10-9+. The summed E-state index contributed by atoms with van der Waals surface area (Å²) in [7, 11) is 0. The van der Waals surface area contributed by atoms with Gasteiger partial charge in [0.25, 0.3) is 0 Å². The Morgan fingerprint density at radius 2 is 2.00 bits per heavy atom. The van der Waals surface area contributed by atoms with Gasteiger partial charge in [0.15, 0.2) is 0 Å². The Hall–Kier alpha value is -2.88. The van der Waals surface area contributed by atoms with Crippen molar-refractivity contribution in [1.29, 1.82) is 0 Å². The van der Waals surface area contributed by atoms with E-state index in [1.807, 2.05) is 42.6 Å². The molecule has 0 saturated heterocycles. The van der Waals surface area contributed by atoms with Crippen LogP contribution in [0.1, 0.15) is 5.56 Å². The maximum atomic E-state index is 11.7. The monoisotopic (exact) mass is 292 g/mol. The van der Waals surface area contributed by atoms with Crippen molar-refractivity contribution in [3.63, 3.8) is 0 Å². The maximum absolute atomic E-state index is 11.7. The van der Waals surface area contributed by atoms with Crippen molar-refractivity contribution in [2.45, 2.75) is 6.54 Å². The van der Waals surface area contributed by atoms with Crippen molar-refractivity contribution in [3.05, 3.63) is 72.6 Å². The molecule has 3 aromatic rings. The number of nitrogens with zero attached hydrogens (tertiary/aromatic N) is 2. The van der Waals surface area contributed by atoms with Gasteiger partial charge in [-0.3, -0.25) is 4.68 Å². The Labute approximate surface area is 128 Å². The van der Waals surface area contributed by atoms with Gasteiger partial charge < -0.3 is 4.74 Å². The first-order valence-corrected chi connectivity index (χ1v) is 7.13.